The van der Waals surface area contributed by atoms with Gasteiger partial charge in [-0.3, -0.25) is 4.79 Å². The maximum atomic E-state index is 12.0. The van der Waals surface area contributed by atoms with Gasteiger partial charge in [0.05, 0.1) is 0 Å². The lowest BCUT2D eigenvalue weighted by molar-refractivity contribution is -0.199. The van der Waals surface area contributed by atoms with E-state index in [-0.39, 0.29) is 23.9 Å². The van der Waals surface area contributed by atoms with Crippen LogP contribution in [0.5, 0.6) is 0 Å². The number of esters is 1. The summed E-state index contributed by atoms with van der Waals surface area (Å²) in [6, 6.07) is 0. The Bertz CT molecular complexity index is 644. The molecule has 0 aromatic carbocycles. The number of carbonyl (C=O) groups is 1. The van der Waals surface area contributed by atoms with Gasteiger partial charge in [-0.1, -0.05) is 36.3 Å². The molecule has 5 heteroatoms. The summed E-state index contributed by atoms with van der Waals surface area (Å²) >= 11 is 0. The Morgan fingerprint density at radius 1 is 1.24 bits per heavy atom. The van der Waals surface area contributed by atoms with Gasteiger partial charge in [0.2, 0.25) is 0 Å². The van der Waals surface area contributed by atoms with Crippen LogP contribution in [0.4, 0.5) is 0 Å². The maximum absolute atomic E-state index is 12.0. The Balaban J connectivity index is 2.47. The van der Waals surface area contributed by atoms with Crippen LogP contribution in [0, 0.1) is 17.8 Å². The number of ether oxygens (including phenoxy) is 4. The molecule has 0 saturated carbocycles. The van der Waals surface area contributed by atoms with Gasteiger partial charge in [-0.2, -0.15) is 0 Å². The summed E-state index contributed by atoms with van der Waals surface area (Å²) < 4.78 is 23.4. The molecule has 0 aromatic rings. The SMILES string of the molecule is COC1O[C@@H](OC)[C@H]2/C1=C\C/C=C(\C)C[C@H](OC(C)=O)C2[C@@H](C)CCC=C(C)C. The molecule has 164 valence electrons. The normalized spacial score (nSPS) is 34.4. The highest BCUT2D eigenvalue weighted by Crippen LogP contribution is 2.46. The van der Waals surface area contributed by atoms with Gasteiger partial charge in [-0.25, -0.2) is 0 Å². The minimum Gasteiger partial charge on any atom is -0.462 e. The van der Waals surface area contributed by atoms with E-state index in [0.717, 1.165) is 31.3 Å². The first-order valence-electron chi connectivity index (χ1n) is 10.7. The van der Waals surface area contributed by atoms with Crippen LogP contribution in [-0.4, -0.2) is 38.9 Å². The van der Waals surface area contributed by atoms with Crippen LogP contribution in [0.1, 0.15) is 60.3 Å². The van der Waals surface area contributed by atoms with Crippen molar-refractivity contribution in [1.82, 2.24) is 0 Å². The summed E-state index contributed by atoms with van der Waals surface area (Å²) in [7, 11) is 3.33. The highest BCUT2D eigenvalue weighted by molar-refractivity contribution is 5.66. The second-order valence-electron chi connectivity index (χ2n) is 8.59. The summed E-state index contributed by atoms with van der Waals surface area (Å²) in [6.07, 6.45) is 9.14. The fraction of sp³-hybridized carbons (Fsp3) is 0.708. The molecule has 0 aromatic heterocycles. The quantitative estimate of drug-likeness (QED) is 0.431. The maximum Gasteiger partial charge on any atom is 0.302 e. The first-order valence-corrected chi connectivity index (χ1v) is 10.7. The molecule has 5 nitrogen and oxygen atoms in total. The lowest BCUT2D eigenvalue weighted by Gasteiger charge is -2.37. The molecule has 0 bridgehead atoms. The van der Waals surface area contributed by atoms with Gasteiger partial charge in [-0.05, 0) is 51.5 Å². The molecule has 0 radical (unpaired) electrons. The van der Waals surface area contributed by atoms with E-state index < -0.39 is 12.6 Å². The van der Waals surface area contributed by atoms with Crippen molar-refractivity contribution in [3.05, 3.63) is 34.9 Å². The van der Waals surface area contributed by atoms with Crippen molar-refractivity contribution in [1.29, 1.82) is 0 Å². The largest absolute Gasteiger partial charge is 0.462 e. The van der Waals surface area contributed by atoms with E-state index >= 15 is 0 Å². The highest BCUT2D eigenvalue weighted by atomic mass is 16.8. The van der Waals surface area contributed by atoms with Crippen molar-refractivity contribution in [2.24, 2.45) is 17.8 Å². The molecule has 6 atom stereocenters. The van der Waals surface area contributed by atoms with Gasteiger partial charge in [-0.15, -0.1) is 0 Å². The van der Waals surface area contributed by atoms with Crippen LogP contribution in [-0.2, 0) is 23.7 Å². The minimum atomic E-state index is -0.429. The van der Waals surface area contributed by atoms with Crippen molar-refractivity contribution in [3.8, 4) is 0 Å². The zero-order valence-electron chi connectivity index (χ0n) is 19.1. The minimum absolute atomic E-state index is 0.0182. The number of methoxy groups -OCH3 is 2. The Hall–Kier alpha value is -1.43. The molecule has 0 amide bonds. The third kappa shape index (κ3) is 6.27. The number of rotatable bonds is 7. The average molecular weight is 407 g/mol. The Labute approximate surface area is 176 Å². The van der Waals surface area contributed by atoms with Crippen LogP contribution in [0.3, 0.4) is 0 Å². The second-order valence-corrected chi connectivity index (χ2v) is 8.59. The summed E-state index contributed by atoms with van der Waals surface area (Å²) in [4.78, 5) is 12.0. The van der Waals surface area contributed by atoms with E-state index in [1.54, 1.807) is 14.2 Å². The monoisotopic (exact) mass is 406 g/mol. The smallest absolute Gasteiger partial charge is 0.302 e. The van der Waals surface area contributed by atoms with Crippen molar-refractivity contribution < 1.29 is 23.7 Å². The van der Waals surface area contributed by atoms with Crippen LogP contribution in [0.2, 0.25) is 0 Å². The predicted octanol–water partition coefficient (Wildman–Crippen LogP) is 5.17. The molecule has 1 fully saturated rings. The second kappa shape index (κ2) is 11.1. The average Bonchev–Trinajstić information content (AvgIpc) is 3.00. The van der Waals surface area contributed by atoms with E-state index in [1.807, 2.05) is 0 Å². The molecule has 1 aliphatic carbocycles. The molecule has 2 aliphatic rings. The third-order valence-corrected chi connectivity index (χ3v) is 5.99. The number of hydrogen-bond acceptors (Lipinski definition) is 5. The Morgan fingerprint density at radius 3 is 2.55 bits per heavy atom. The van der Waals surface area contributed by atoms with E-state index in [1.165, 1.54) is 18.1 Å². The zero-order chi connectivity index (χ0) is 21.6. The van der Waals surface area contributed by atoms with Crippen LogP contribution >= 0.6 is 0 Å². The highest BCUT2D eigenvalue weighted by Gasteiger charge is 2.49. The fourth-order valence-corrected chi connectivity index (χ4v) is 4.67. The van der Waals surface area contributed by atoms with Gasteiger partial charge in [0, 0.05) is 39.4 Å². The lowest BCUT2D eigenvalue weighted by atomic mass is 9.72. The Kier molecular flexibility index (Phi) is 9.12. The van der Waals surface area contributed by atoms with Crippen molar-refractivity contribution in [2.75, 3.05) is 14.2 Å². The zero-order valence-corrected chi connectivity index (χ0v) is 19.1. The fourth-order valence-electron chi connectivity index (χ4n) is 4.67. The molecule has 1 aliphatic heterocycles. The molecule has 1 saturated heterocycles. The number of carbonyl (C=O) groups excluding carboxylic acids is 1. The van der Waals surface area contributed by atoms with Gasteiger partial charge < -0.3 is 18.9 Å². The third-order valence-electron chi connectivity index (χ3n) is 5.99. The van der Waals surface area contributed by atoms with Crippen molar-refractivity contribution in [2.45, 2.75) is 79.0 Å². The van der Waals surface area contributed by atoms with Crippen molar-refractivity contribution >= 4 is 5.97 Å². The first kappa shape index (κ1) is 23.8. The van der Waals surface area contributed by atoms with Gasteiger partial charge in [0.25, 0.3) is 0 Å². The van der Waals surface area contributed by atoms with Crippen LogP contribution < -0.4 is 0 Å². The predicted molar refractivity (Wildman–Crippen MR) is 114 cm³/mol. The molecular weight excluding hydrogens is 368 g/mol. The first-order chi connectivity index (χ1) is 13.8. The van der Waals surface area contributed by atoms with E-state index in [0.29, 0.717) is 5.92 Å². The summed E-state index contributed by atoms with van der Waals surface area (Å²) in [5.74, 6) is 0.119. The Morgan fingerprint density at radius 2 is 1.97 bits per heavy atom. The van der Waals surface area contributed by atoms with Gasteiger partial charge in [0.15, 0.2) is 12.6 Å². The standard InChI is InChI=1S/C24H38O5/c1-15(2)10-8-12-17(4)21-20(28-18(5)25)14-16(3)11-9-13-19-22(21)24(27-7)29-23(19)26-6/h10-11,13,17,20-24H,8-9,12,14H2,1-7H3/b16-11+,19-13+/t17-,20-,21?,22-,23?,24+/m0/s1. The lowest BCUT2D eigenvalue weighted by Crippen LogP contribution is -2.40. The molecule has 2 unspecified atom stereocenters. The van der Waals surface area contributed by atoms with E-state index in [4.69, 9.17) is 18.9 Å². The molecule has 2 rings (SSSR count). The molecule has 0 spiro atoms. The van der Waals surface area contributed by atoms with Gasteiger partial charge >= 0.3 is 5.97 Å². The van der Waals surface area contributed by atoms with Crippen molar-refractivity contribution in [3.63, 3.8) is 0 Å². The summed E-state index contributed by atoms with van der Waals surface area (Å²) in [5, 5.41) is 0. The number of hydrogen-bond donors (Lipinski definition) is 0. The topological polar surface area (TPSA) is 54.0 Å². The number of allylic oxidation sites excluding steroid dienone is 4. The molecule has 1 heterocycles. The van der Waals surface area contributed by atoms with Crippen LogP contribution in [0.25, 0.3) is 0 Å². The van der Waals surface area contributed by atoms with E-state index in [2.05, 4.69) is 45.9 Å². The summed E-state index contributed by atoms with van der Waals surface area (Å²) in [6.45, 7) is 10.1. The van der Waals surface area contributed by atoms with Gasteiger partial charge in [0.1, 0.15) is 6.10 Å². The molecular formula is C24H38O5. The van der Waals surface area contributed by atoms with Crippen LogP contribution in [0.15, 0.2) is 34.9 Å². The summed E-state index contributed by atoms with van der Waals surface area (Å²) in [5.41, 5.74) is 3.65. The molecule has 0 N–H and O–H groups in total. The number of fused-ring (bicyclic) bond motifs is 1. The van der Waals surface area contributed by atoms with E-state index in [9.17, 15) is 4.79 Å². The molecule has 29 heavy (non-hydrogen) atoms.